The second kappa shape index (κ2) is 26.1. The highest BCUT2D eigenvalue weighted by atomic mass is 32.2. The predicted molar refractivity (Wildman–Crippen MR) is 319 cm³/mol. The Hall–Kier alpha value is -5.56. The van der Waals surface area contributed by atoms with E-state index in [4.69, 9.17) is 15.0 Å². The van der Waals surface area contributed by atoms with Crippen molar-refractivity contribution in [2.75, 3.05) is 0 Å². The summed E-state index contributed by atoms with van der Waals surface area (Å²) in [5.74, 6) is 4.75. The van der Waals surface area contributed by atoms with Crippen LogP contribution in [0.5, 0.6) is 0 Å². The second-order valence-electron chi connectivity index (χ2n) is 17.1. The lowest BCUT2D eigenvalue weighted by atomic mass is 10.1. The Balaban J connectivity index is 0.828. The molecule has 360 valence electrons. The first-order valence-corrected chi connectivity index (χ1v) is 30.3. The van der Waals surface area contributed by atoms with Gasteiger partial charge in [0.2, 0.25) is 0 Å². The average Bonchev–Trinajstić information content (AvgIpc) is 3.45. The van der Waals surface area contributed by atoms with Crippen LogP contribution in [0.15, 0.2) is 265 Å². The topological polar surface area (TPSA) is 38.7 Å². The lowest BCUT2D eigenvalue weighted by Gasteiger charge is -2.12. The number of thiol groups is 1. The van der Waals surface area contributed by atoms with E-state index in [-0.39, 0.29) is 0 Å². The van der Waals surface area contributed by atoms with Gasteiger partial charge in [0.25, 0.3) is 0 Å². The number of rotatable bonds is 21. The van der Waals surface area contributed by atoms with Crippen molar-refractivity contribution in [1.82, 2.24) is 15.0 Å². The van der Waals surface area contributed by atoms with E-state index >= 15 is 0 Å². The molecule has 10 heteroatoms. The molecule has 73 heavy (non-hydrogen) atoms. The number of thioether (sulfide) groups is 6. The van der Waals surface area contributed by atoms with Crippen LogP contribution in [-0.4, -0.2) is 15.0 Å². The molecule has 10 aromatic rings. The second-order valence-corrected chi connectivity index (χ2v) is 23.9. The van der Waals surface area contributed by atoms with Gasteiger partial charge in [0.15, 0.2) is 0 Å². The molecule has 0 radical (unpaired) electrons. The molecule has 0 saturated heterocycles. The largest absolute Gasteiger partial charge is 0.256 e. The Labute approximate surface area is 461 Å². The van der Waals surface area contributed by atoms with E-state index in [9.17, 15) is 0 Å². The SMILES string of the molecule is Sc1ccc(-c2cc(CSc3ccc(-c4cc(CSc5ccccc5)nc(CSc5ccccc5)c4)cc3)nc(CSc3ccc(-c4cc(CSc5ccccc5)nc(CSc5ccccc5)c4)cc3)c2)cc1. The zero-order valence-electron chi connectivity index (χ0n) is 39.9. The average molecular weight is 1070 g/mol. The van der Waals surface area contributed by atoms with Gasteiger partial charge in [-0.3, -0.25) is 15.0 Å². The van der Waals surface area contributed by atoms with Crippen LogP contribution in [-0.2, 0) is 34.5 Å². The van der Waals surface area contributed by atoms with E-state index in [1.165, 1.54) is 57.2 Å². The molecule has 3 heterocycles. The first-order chi connectivity index (χ1) is 36.0. The van der Waals surface area contributed by atoms with Gasteiger partial charge in [-0.05, 0) is 155 Å². The highest BCUT2D eigenvalue weighted by Crippen LogP contribution is 2.35. The molecule has 0 aliphatic carbocycles. The van der Waals surface area contributed by atoms with Crippen molar-refractivity contribution in [2.24, 2.45) is 0 Å². The Morgan fingerprint density at radius 2 is 0.438 bits per heavy atom. The number of hydrogen-bond donors (Lipinski definition) is 1. The highest BCUT2D eigenvalue weighted by molar-refractivity contribution is 7.99. The number of aromatic nitrogens is 3. The van der Waals surface area contributed by atoms with Crippen molar-refractivity contribution in [3.05, 3.63) is 265 Å². The Morgan fingerprint density at radius 3 is 0.671 bits per heavy atom. The van der Waals surface area contributed by atoms with E-state index in [2.05, 4.69) is 243 Å². The molecule has 0 saturated carbocycles. The molecule has 0 amide bonds. The lowest BCUT2D eigenvalue weighted by Crippen LogP contribution is -1.96. The summed E-state index contributed by atoms with van der Waals surface area (Å²) in [5.41, 5.74) is 13.6. The fraction of sp³-hybridized carbons (Fsp3) is 0.0952. The normalized spacial score (nSPS) is 11.2. The molecule has 3 nitrogen and oxygen atoms in total. The van der Waals surface area contributed by atoms with Crippen LogP contribution < -0.4 is 0 Å². The smallest absolute Gasteiger partial charge is 0.0516 e. The summed E-state index contributed by atoms with van der Waals surface area (Å²) < 4.78 is 0. The quantitative estimate of drug-likeness (QED) is 0.0560. The van der Waals surface area contributed by atoms with Crippen LogP contribution in [0, 0.1) is 0 Å². The first-order valence-electron chi connectivity index (χ1n) is 24.0. The summed E-state index contributed by atoms with van der Waals surface area (Å²) in [4.78, 5) is 23.9. The van der Waals surface area contributed by atoms with Gasteiger partial charge in [-0.1, -0.05) is 109 Å². The summed E-state index contributed by atoms with van der Waals surface area (Å²) in [6.45, 7) is 0. The molecule has 0 aliphatic heterocycles. The number of benzene rings is 7. The van der Waals surface area contributed by atoms with Crippen molar-refractivity contribution >= 4 is 83.2 Å². The standard InChI is InChI=1S/C63H51N3S7/c67-57-27-21-45(22-28-57)48-33-55(43-72-62-29-23-46(24-30-62)49-35-51(39-68-58-13-5-1-6-14-58)64-52(36-49)40-69-59-15-7-2-8-16-59)66-56(34-48)44-73-63-31-25-47(26-32-63)50-37-53(41-70-60-17-9-3-10-18-60)65-54(38-50)42-71-61-19-11-4-12-20-61/h1-38,67H,39-44H2. The number of hydrogen-bond acceptors (Lipinski definition) is 10. The van der Waals surface area contributed by atoms with Gasteiger partial charge < -0.3 is 0 Å². The summed E-state index contributed by atoms with van der Waals surface area (Å²) >= 11 is 15.5. The van der Waals surface area contributed by atoms with E-state index in [1.54, 1.807) is 0 Å². The molecular formula is C63H51N3S7. The van der Waals surface area contributed by atoms with Crippen molar-refractivity contribution < 1.29 is 0 Å². The summed E-state index contributed by atoms with van der Waals surface area (Å²) in [6.07, 6.45) is 0. The minimum absolute atomic E-state index is 0.755. The molecule has 0 aliphatic rings. The van der Waals surface area contributed by atoms with Crippen molar-refractivity contribution in [1.29, 1.82) is 0 Å². The van der Waals surface area contributed by atoms with E-state index in [1.807, 2.05) is 70.6 Å². The van der Waals surface area contributed by atoms with Gasteiger partial charge >= 0.3 is 0 Å². The van der Waals surface area contributed by atoms with E-state index < -0.39 is 0 Å². The third-order valence-electron chi connectivity index (χ3n) is 11.7. The molecule has 0 bridgehead atoms. The summed E-state index contributed by atoms with van der Waals surface area (Å²) in [5, 5.41) is 0. The van der Waals surface area contributed by atoms with Crippen molar-refractivity contribution in [2.45, 2.75) is 68.8 Å². The molecule has 0 spiro atoms. The van der Waals surface area contributed by atoms with Gasteiger partial charge in [-0.2, -0.15) is 0 Å². The van der Waals surface area contributed by atoms with Gasteiger partial charge in [0.1, 0.15) is 0 Å². The maximum atomic E-state index is 5.25. The minimum Gasteiger partial charge on any atom is -0.256 e. The van der Waals surface area contributed by atoms with E-state index in [0.717, 1.165) is 79.1 Å². The Kier molecular flexibility index (Phi) is 18.2. The molecule has 3 aromatic heterocycles. The van der Waals surface area contributed by atoms with Crippen LogP contribution in [0.4, 0.5) is 0 Å². The third kappa shape index (κ3) is 15.3. The fourth-order valence-corrected chi connectivity index (χ4v) is 13.0. The third-order valence-corrected chi connectivity index (χ3v) is 18.2. The van der Waals surface area contributed by atoms with Crippen LogP contribution in [0.25, 0.3) is 33.4 Å². The van der Waals surface area contributed by atoms with Crippen LogP contribution in [0.2, 0.25) is 0 Å². The van der Waals surface area contributed by atoms with Crippen LogP contribution in [0.1, 0.15) is 34.2 Å². The van der Waals surface area contributed by atoms with Crippen molar-refractivity contribution in [3.8, 4) is 33.4 Å². The van der Waals surface area contributed by atoms with Crippen LogP contribution in [0.3, 0.4) is 0 Å². The molecule has 0 N–H and O–H groups in total. The number of nitrogens with zero attached hydrogens (tertiary/aromatic N) is 3. The zero-order chi connectivity index (χ0) is 49.4. The van der Waals surface area contributed by atoms with Gasteiger partial charge in [-0.25, -0.2) is 0 Å². The monoisotopic (exact) mass is 1070 g/mol. The van der Waals surface area contributed by atoms with Gasteiger partial charge in [0, 0.05) is 68.8 Å². The maximum Gasteiger partial charge on any atom is 0.0516 e. The summed E-state index contributed by atoms with van der Waals surface area (Å²) in [7, 11) is 0. The highest BCUT2D eigenvalue weighted by Gasteiger charge is 2.12. The molecular weight excluding hydrogens is 1020 g/mol. The van der Waals surface area contributed by atoms with Crippen LogP contribution >= 0.6 is 83.2 Å². The minimum atomic E-state index is 0.755. The first kappa shape index (κ1) is 50.9. The lowest BCUT2D eigenvalue weighted by molar-refractivity contribution is 1.09. The molecule has 10 rings (SSSR count). The fourth-order valence-electron chi connectivity index (χ4n) is 8.04. The summed E-state index contributed by atoms with van der Waals surface area (Å²) in [6, 6.07) is 82.2. The van der Waals surface area contributed by atoms with Crippen molar-refractivity contribution in [3.63, 3.8) is 0 Å². The zero-order valence-corrected chi connectivity index (χ0v) is 45.7. The maximum absolute atomic E-state index is 5.25. The van der Waals surface area contributed by atoms with Gasteiger partial charge in [0.05, 0.1) is 34.2 Å². The Bertz CT molecular complexity index is 3000. The molecule has 0 atom stereocenters. The molecule has 7 aromatic carbocycles. The molecule has 0 fully saturated rings. The van der Waals surface area contributed by atoms with Gasteiger partial charge in [-0.15, -0.1) is 83.2 Å². The predicted octanol–water partition coefficient (Wildman–Crippen LogP) is 18.9. The Morgan fingerprint density at radius 1 is 0.233 bits per heavy atom. The number of pyridine rings is 3. The molecule has 0 unspecified atom stereocenters. The van der Waals surface area contributed by atoms with E-state index in [0.29, 0.717) is 0 Å².